The van der Waals surface area contributed by atoms with Crippen molar-refractivity contribution in [2.75, 3.05) is 38.6 Å². The van der Waals surface area contributed by atoms with E-state index in [0.717, 1.165) is 45.0 Å². The first kappa shape index (κ1) is 18.5. The van der Waals surface area contributed by atoms with Gasteiger partial charge in [0.25, 0.3) is 0 Å². The minimum atomic E-state index is 0.233. The summed E-state index contributed by atoms with van der Waals surface area (Å²) < 4.78 is 0. The molecule has 26 heavy (non-hydrogen) atoms. The maximum Gasteiger partial charge on any atom is 0.222 e. The number of rotatable bonds is 4. The van der Waals surface area contributed by atoms with E-state index in [1.165, 1.54) is 23.2 Å². The van der Waals surface area contributed by atoms with Gasteiger partial charge in [-0.1, -0.05) is 19.1 Å². The van der Waals surface area contributed by atoms with Gasteiger partial charge < -0.3 is 20.4 Å². The van der Waals surface area contributed by atoms with Gasteiger partial charge in [-0.15, -0.1) is 0 Å². The average molecular weight is 358 g/mol. The molecule has 0 radical (unpaired) electrons. The Kier molecular flexibility index (Phi) is 6.01. The lowest BCUT2D eigenvalue weighted by Gasteiger charge is -2.28. The number of hydrogen-bond acceptors (Lipinski definition) is 3. The third-order valence-corrected chi connectivity index (χ3v) is 5.36. The summed E-state index contributed by atoms with van der Waals surface area (Å²) in [6, 6.07) is 7.00. The minimum absolute atomic E-state index is 0.233. The molecule has 1 atom stereocenters. The largest absolute Gasteiger partial charge is 0.374 e. The Bertz CT molecular complexity index is 672. The van der Waals surface area contributed by atoms with Gasteiger partial charge in [-0.3, -0.25) is 9.79 Å². The number of likely N-dealkylation sites (tertiary alicyclic amines) is 1. The molecule has 2 aliphatic rings. The summed E-state index contributed by atoms with van der Waals surface area (Å²) in [5.74, 6) is 1.03. The highest BCUT2D eigenvalue weighted by Gasteiger charge is 2.25. The molecule has 1 unspecified atom stereocenters. The van der Waals surface area contributed by atoms with Gasteiger partial charge in [0.2, 0.25) is 5.91 Å². The number of benzene rings is 1. The van der Waals surface area contributed by atoms with Gasteiger partial charge in [-0.2, -0.15) is 0 Å². The summed E-state index contributed by atoms with van der Waals surface area (Å²) in [5, 5.41) is 6.86. The molecule has 142 valence electrons. The third kappa shape index (κ3) is 4.29. The van der Waals surface area contributed by atoms with Gasteiger partial charge in [0, 0.05) is 58.4 Å². The zero-order chi connectivity index (χ0) is 18.5. The fraction of sp³-hybridized carbons (Fsp3) is 0.600. The molecule has 2 heterocycles. The highest BCUT2D eigenvalue weighted by Crippen LogP contribution is 2.26. The number of aryl methyl sites for hydroxylation is 1. The van der Waals surface area contributed by atoms with E-state index in [0.29, 0.717) is 6.42 Å². The van der Waals surface area contributed by atoms with Gasteiger partial charge in [0.05, 0.1) is 0 Å². The van der Waals surface area contributed by atoms with Crippen molar-refractivity contribution in [3.05, 3.63) is 29.3 Å². The van der Waals surface area contributed by atoms with E-state index in [1.807, 2.05) is 11.8 Å². The maximum atomic E-state index is 11.8. The van der Waals surface area contributed by atoms with Crippen LogP contribution >= 0.6 is 0 Å². The van der Waals surface area contributed by atoms with Crippen LogP contribution in [0.3, 0.4) is 0 Å². The van der Waals surface area contributed by atoms with Gasteiger partial charge >= 0.3 is 0 Å². The number of amides is 1. The number of hydrogen-bond donors (Lipinski definition) is 2. The zero-order valence-electron chi connectivity index (χ0n) is 16.2. The van der Waals surface area contributed by atoms with Crippen LogP contribution in [0.25, 0.3) is 0 Å². The standard InChI is InChI=1S/C20H31N5O/c1-4-19(26)25-11-9-17(14-25)23-20(21-2)22-13-15-7-8-18-16(12-15)6-5-10-24(18)3/h7-8,12,17H,4-6,9-11,13-14H2,1-3H3,(H2,21,22,23). The fourth-order valence-electron chi connectivity index (χ4n) is 3.85. The average Bonchev–Trinajstić information content (AvgIpc) is 3.13. The molecule has 1 aromatic rings. The van der Waals surface area contributed by atoms with E-state index >= 15 is 0 Å². The first-order chi connectivity index (χ1) is 12.6. The van der Waals surface area contributed by atoms with Crippen molar-refractivity contribution < 1.29 is 4.79 Å². The predicted molar refractivity (Wildman–Crippen MR) is 107 cm³/mol. The Balaban J connectivity index is 1.53. The van der Waals surface area contributed by atoms with Gasteiger partial charge in [0.1, 0.15) is 0 Å². The first-order valence-corrected chi connectivity index (χ1v) is 9.68. The number of carbonyl (C=O) groups is 1. The molecular weight excluding hydrogens is 326 g/mol. The second-order valence-electron chi connectivity index (χ2n) is 7.24. The van der Waals surface area contributed by atoms with Crippen molar-refractivity contribution >= 4 is 17.6 Å². The second kappa shape index (κ2) is 8.43. The summed E-state index contributed by atoms with van der Waals surface area (Å²) >= 11 is 0. The SMILES string of the molecule is CCC(=O)N1CCC(NC(=NC)NCc2ccc3c(c2)CCCN3C)C1. The molecule has 0 aliphatic carbocycles. The molecular formula is C20H31N5O. The Morgan fingerprint density at radius 1 is 1.35 bits per heavy atom. The van der Waals surface area contributed by atoms with Gasteiger partial charge in [0.15, 0.2) is 5.96 Å². The van der Waals surface area contributed by atoms with Crippen molar-refractivity contribution in [3.8, 4) is 0 Å². The van der Waals surface area contributed by atoms with Crippen molar-refractivity contribution in [2.24, 2.45) is 4.99 Å². The molecule has 0 saturated carbocycles. The van der Waals surface area contributed by atoms with Crippen LogP contribution in [0.4, 0.5) is 5.69 Å². The summed E-state index contributed by atoms with van der Waals surface area (Å²) in [7, 11) is 3.96. The van der Waals surface area contributed by atoms with E-state index < -0.39 is 0 Å². The van der Waals surface area contributed by atoms with E-state index in [4.69, 9.17) is 0 Å². The topological polar surface area (TPSA) is 60.0 Å². The molecule has 1 aromatic carbocycles. The Morgan fingerprint density at radius 2 is 2.19 bits per heavy atom. The van der Waals surface area contributed by atoms with Gasteiger partial charge in [-0.05, 0) is 36.5 Å². The van der Waals surface area contributed by atoms with Crippen LogP contribution in [-0.2, 0) is 17.8 Å². The molecule has 1 saturated heterocycles. The first-order valence-electron chi connectivity index (χ1n) is 9.68. The number of nitrogens with zero attached hydrogens (tertiary/aromatic N) is 3. The quantitative estimate of drug-likeness (QED) is 0.637. The van der Waals surface area contributed by atoms with E-state index in [1.54, 1.807) is 7.05 Å². The number of aliphatic imine (C=N–C) groups is 1. The molecule has 1 amide bonds. The molecule has 2 aliphatic heterocycles. The summed E-state index contributed by atoms with van der Waals surface area (Å²) in [6.07, 6.45) is 3.92. The molecule has 1 fully saturated rings. The minimum Gasteiger partial charge on any atom is -0.374 e. The van der Waals surface area contributed by atoms with Crippen molar-refractivity contribution in [1.29, 1.82) is 0 Å². The van der Waals surface area contributed by atoms with Crippen LogP contribution in [0.1, 0.15) is 37.3 Å². The number of carbonyl (C=O) groups excluding carboxylic acids is 1. The van der Waals surface area contributed by atoms with Crippen molar-refractivity contribution in [2.45, 2.75) is 45.2 Å². The maximum absolute atomic E-state index is 11.8. The molecule has 6 nitrogen and oxygen atoms in total. The van der Waals surface area contributed by atoms with Crippen molar-refractivity contribution in [3.63, 3.8) is 0 Å². The molecule has 0 spiro atoms. The van der Waals surface area contributed by atoms with Crippen LogP contribution < -0.4 is 15.5 Å². The number of guanidine groups is 1. The van der Waals surface area contributed by atoms with Crippen LogP contribution in [0.2, 0.25) is 0 Å². The fourth-order valence-corrected chi connectivity index (χ4v) is 3.85. The predicted octanol–water partition coefficient (Wildman–Crippen LogP) is 1.74. The zero-order valence-corrected chi connectivity index (χ0v) is 16.2. The van der Waals surface area contributed by atoms with E-state index in [9.17, 15) is 4.79 Å². The number of fused-ring (bicyclic) bond motifs is 1. The lowest BCUT2D eigenvalue weighted by Crippen LogP contribution is -2.44. The Hall–Kier alpha value is -2.24. The van der Waals surface area contributed by atoms with E-state index in [2.05, 4.69) is 45.8 Å². The highest BCUT2D eigenvalue weighted by atomic mass is 16.2. The summed E-state index contributed by atoms with van der Waals surface area (Å²) in [4.78, 5) is 20.4. The number of nitrogens with one attached hydrogen (secondary N) is 2. The smallest absolute Gasteiger partial charge is 0.222 e. The molecule has 6 heteroatoms. The van der Waals surface area contributed by atoms with Gasteiger partial charge in [-0.25, -0.2) is 0 Å². The molecule has 3 rings (SSSR count). The molecule has 0 bridgehead atoms. The van der Waals surface area contributed by atoms with Crippen LogP contribution in [0, 0.1) is 0 Å². The lowest BCUT2D eigenvalue weighted by molar-refractivity contribution is -0.129. The summed E-state index contributed by atoms with van der Waals surface area (Å²) in [5.41, 5.74) is 4.07. The molecule has 2 N–H and O–H groups in total. The van der Waals surface area contributed by atoms with Crippen LogP contribution in [0.5, 0.6) is 0 Å². The van der Waals surface area contributed by atoms with Crippen LogP contribution in [0.15, 0.2) is 23.2 Å². The van der Waals surface area contributed by atoms with Crippen LogP contribution in [-0.4, -0.2) is 56.5 Å². The monoisotopic (exact) mass is 357 g/mol. The number of anilines is 1. The Morgan fingerprint density at radius 3 is 2.96 bits per heavy atom. The van der Waals surface area contributed by atoms with Crippen molar-refractivity contribution in [1.82, 2.24) is 15.5 Å². The lowest BCUT2D eigenvalue weighted by atomic mass is 9.99. The summed E-state index contributed by atoms with van der Waals surface area (Å²) in [6.45, 7) is 5.40. The Labute approximate surface area is 156 Å². The normalized spacial score (nSPS) is 20.1. The van der Waals surface area contributed by atoms with E-state index in [-0.39, 0.29) is 11.9 Å². The third-order valence-electron chi connectivity index (χ3n) is 5.36. The molecule has 0 aromatic heterocycles. The highest BCUT2D eigenvalue weighted by molar-refractivity contribution is 5.80. The second-order valence-corrected chi connectivity index (χ2v) is 7.24.